The molecule has 1 rings (SSSR count). The molecule has 0 aromatic heterocycles. The molecule has 0 unspecified atom stereocenters. The van der Waals surface area contributed by atoms with Crippen LogP contribution in [0.1, 0.15) is 23.7 Å². The van der Waals surface area contributed by atoms with Crippen LogP contribution in [-0.2, 0) is 0 Å². The molecule has 64 valence electrons. The van der Waals surface area contributed by atoms with Crippen LogP contribution >= 0.6 is 11.6 Å². The predicted molar refractivity (Wildman–Crippen MR) is 46.0 cm³/mol. The Morgan fingerprint density at radius 2 is 2.25 bits per heavy atom. The van der Waals surface area contributed by atoms with E-state index in [1.54, 1.807) is 6.92 Å². The molecule has 12 heavy (non-hydrogen) atoms. The standard InChI is InChI=1S/C9H8ClFO/c1-2-9(12)7-4-3-6(10)5-8(7)11/h3-5H,2H2,1H3. The largest absolute Gasteiger partial charge is 0.294 e. The minimum absolute atomic E-state index is 0.113. The normalized spacial score (nSPS) is 9.92. The zero-order chi connectivity index (χ0) is 9.14. The lowest BCUT2D eigenvalue weighted by Crippen LogP contribution is -1.99. The van der Waals surface area contributed by atoms with Gasteiger partial charge in [-0.05, 0) is 18.2 Å². The Morgan fingerprint density at radius 3 is 2.75 bits per heavy atom. The second kappa shape index (κ2) is 3.68. The Hall–Kier alpha value is -0.890. The third-order valence-electron chi connectivity index (χ3n) is 1.55. The Kier molecular flexibility index (Phi) is 2.82. The Bertz CT molecular complexity index is 309. The van der Waals surface area contributed by atoms with Gasteiger partial charge in [0.1, 0.15) is 5.82 Å². The van der Waals surface area contributed by atoms with Crippen LogP contribution in [-0.4, -0.2) is 5.78 Å². The molecule has 1 aromatic carbocycles. The van der Waals surface area contributed by atoms with E-state index >= 15 is 0 Å². The summed E-state index contributed by atoms with van der Waals surface area (Å²) in [5.74, 6) is -0.751. The zero-order valence-corrected chi connectivity index (χ0v) is 7.36. The average Bonchev–Trinajstić information content (AvgIpc) is 2.03. The third kappa shape index (κ3) is 1.83. The first-order chi connectivity index (χ1) is 5.65. The van der Waals surface area contributed by atoms with E-state index in [4.69, 9.17) is 11.6 Å². The van der Waals surface area contributed by atoms with Crippen LogP contribution in [0.4, 0.5) is 4.39 Å². The molecule has 0 atom stereocenters. The first-order valence-electron chi connectivity index (χ1n) is 3.63. The molecule has 1 aromatic rings. The number of hydrogen-bond donors (Lipinski definition) is 0. The van der Waals surface area contributed by atoms with Gasteiger partial charge in [0.05, 0.1) is 5.56 Å². The molecule has 0 saturated heterocycles. The van der Waals surface area contributed by atoms with Crippen molar-refractivity contribution in [3.05, 3.63) is 34.6 Å². The Balaban J connectivity index is 3.09. The molecule has 1 nitrogen and oxygen atoms in total. The quantitative estimate of drug-likeness (QED) is 0.649. The maximum absolute atomic E-state index is 13.0. The predicted octanol–water partition coefficient (Wildman–Crippen LogP) is 3.07. The molecular weight excluding hydrogens is 179 g/mol. The summed E-state index contributed by atoms with van der Waals surface area (Å²) in [5.41, 5.74) is 0.113. The SMILES string of the molecule is CCC(=O)c1ccc(Cl)cc1F. The highest BCUT2D eigenvalue weighted by atomic mass is 35.5. The zero-order valence-electron chi connectivity index (χ0n) is 6.60. The highest BCUT2D eigenvalue weighted by Gasteiger charge is 2.08. The smallest absolute Gasteiger partial charge is 0.165 e. The summed E-state index contributed by atoms with van der Waals surface area (Å²) in [6, 6.07) is 4.06. The van der Waals surface area contributed by atoms with Gasteiger partial charge in [0, 0.05) is 11.4 Å². The van der Waals surface area contributed by atoms with Crippen molar-refractivity contribution in [2.75, 3.05) is 0 Å². The summed E-state index contributed by atoms with van der Waals surface area (Å²) in [6.45, 7) is 1.69. The van der Waals surface area contributed by atoms with E-state index < -0.39 is 5.82 Å². The van der Waals surface area contributed by atoms with Crippen LogP contribution in [0.25, 0.3) is 0 Å². The van der Waals surface area contributed by atoms with E-state index in [2.05, 4.69) is 0 Å². The van der Waals surface area contributed by atoms with E-state index in [-0.39, 0.29) is 11.3 Å². The van der Waals surface area contributed by atoms with Gasteiger partial charge in [0.15, 0.2) is 5.78 Å². The molecule has 0 fully saturated rings. The van der Waals surface area contributed by atoms with Crippen LogP contribution < -0.4 is 0 Å². The third-order valence-corrected chi connectivity index (χ3v) is 1.79. The Labute approximate surface area is 75.2 Å². The second-order valence-corrected chi connectivity index (χ2v) is 2.84. The molecule has 0 aliphatic rings. The summed E-state index contributed by atoms with van der Waals surface area (Å²) in [4.78, 5) is 11.1. The van der Waals surface area contributed by atoms with Crippen molar-refractivity contribution in [3.8, 4) is 0 Å². The lowest BCUT2D eigenvalue weighted by molar-refractivity contribution is 0.0984. The van der Waals surface area contributed by atoms with Crippen molar-refractivity contribution in [2.24, 2.45) is 0 Å². The number of ketones is 1. The summed E-state index contributed by atoms with van der Waals surface area (Å²) >= 11 is 5.51. The van der Waals surface area contributed by atoms with Gasteiger partial charge in [-0.2, -0.15) is 0 Å². The molecule has 0 spiro atoms. The fourth-order valence-corrected chi connectivity index (χ4v) is 1.06. The van der Waals surface area contributed by atoms with Crippen molar-refractivity contribution in [2.45, 2.75) is 13.3 Å². The number of carbonyl (C=O) groups excluding carboxylic acids is 1. The number of hydrogen-bond acceptors (Lipinski definition) is 1. The first kappa shape index (κ1) is 9.20. The maximum atomic E-state index is 13.0. The van der Waals surface area contributed by atoms with E-state index in [1.807, 2.05) is 0 Å². The van der Waals surface area contributed by atoms with Crippen LogP contribution in [0, 0.1) is 5.82 Å². The topological polar surface area (TPSA) is 17.1 Å². The van der Waals surface area contributed by atoms with Gasteiger partial charge in [0.2, 0.25) is 0 Å². The highest BCUT2D eigenvalue weighted by molar-refractivity contribution is 6.30. The van der Waals surface area contributed by atoms with Gasteiger partial charge in [-0.1, -0.05) is 18.5 Å². The molecule has 0 amide bonds. The molecule has 0 bridgehead atoms. The molecular formula is C9H8ClFO. The lowest BCUT2D eigenvalue weighted by atomic mass is 10.1. The highest BCUT2D eigenvalue weighted by Crippen LogP contribution is 2.15. The van der Waals surface area contributed by atoms with Gasteiger partial charge in [-0.3, -0.25) is 4.79 Å². The van der Waals surface area contributed by atoms with E-state index in [0.717, 1.165) is 6.07 Å². The lowest BCUT2D eigenvalue weighted by Gasteiger charge is -1.99. The minimum Gasteiger partial charge on any atom is -0.294 e. The minimum atomic E-state index is -0.547. The average molecular weight is 187 g/mol. The van der Waals surface area contributed by atoms with E-state index in [9.17, 15) is 9.18 Å². The van der Waals surface area contributed by atoms with Crippen LogP contribution in [0.5, 0.6) is 0 Å². The number of halogens is 2. The summed E-state index contributed by atoms with van der Waals surface area (Å²) in [6.07, 6.45) is 0.304. The number of Topliss-reactive ketones (excluding diaryl/α,β-unsaturated/α-hetero) is 1. The molecule has 0 heterocycles. The van der Waals surface area contributed by atoms with Crippen molar-refractivity contribution in [1.82, 2.24) is 0 Å². The molecule has 0 N–H and O–H groups in total. The van der Waals surface area contributed by atoms with Crippen molar-refractivity contribution in [3.63, 3.8) is 0 Å². The van der Waals surface area contributed by atoms with Crippen molar-refractivity contribution >= 4 is 17.4 Å². The molecule has 0 aliphatic carbocycles. The number of benzene rings is 1. The number of carbonyl (C=O) groups is 1. The fourth-order valence-electron chi connectivity index (χ4n) is 0.906. The molecule has 0 aliphatic heterocycles. The molecule has 3 heteroatoms. The van der Waals surface area contributed by atoms with Crippen molar-refractivity contribution in [1.29, 1.82) is 0 Å². The Morgan fingerprint density at radius 1 is 1.58 bits per heavy atom. The van der Waals surface area contributed by atoms with Gasteiger partial charge in [-0.15, -0.1) is 0 Å². The van der Waals surface area contributed by atoms with Crippen LogP contribution in [0.3, 0.4) is 0 Å². The summed E-state index contributed by atoms with van der Waals surface area (Å²) in [7, 11) is 0. The molecule has 0 saturated carbocycles. The van der Waals surface area contributed by atoms with Gasteiger partial charge in [-0.25, -0.2) is 4.39 Å². The summed E-state index contributed by atoms with van der Waals surface area (Å²) in [5, 5.41) is 0.306. The van der Waals surface area contributed by atoms with Crippen LogP contribution in [0.2, 0.25) is 5.02 Å². The van der Waals surface area contributed by atoms with Gasteiger partial charge >= 0.3 is 0 Å². The van der Waals surface area contributed by atoms with E-state index in [0.29, 0.717) is 11.4 Å². The van der Waals surface area contributed by atoms with E-state index in [1.165, 1.54) is 12.1 Å². The van der Waals surface area contributed by atoms with Gasteiger partial charge in [0.25, 0.3) is 0 Å². The fraction of sp³-hybridized carbons (Fsp3) is 0.222. The summed E-state index contributed by atoms with van der Waals surface area (Å²) < 4.78 is 13.0. The molecule has 0 radical (unpaired) electrons. The monoisotopic (exact) mass is 186 g/mol. The second-order valence-electron chi connectivity index (χ2n) is 2.40. The first-order valence-corrected chi connectivity index (χ1v) is 4.01. The number of rotatable bonds is 2. The van der Waals surface area contributed by atoms with Gasteiger partial charge < -0.3 is 0 Å². The van der Waals surface area contributed by atoms with Crippen LogP contribution in [0.15, 0.2) is 18.2 Å². The van der Waals surface area contributed by atoms with Crippen molar-refractivity contribution < 1.29 is 9.18 Å². The maximum Gasteiger partial charge on any atom is 0.165 e.